The van der Waals surface area contributed by atoms with Gasteiger partial charge < -0.3 is 13.9 Å². The quantitative estimate of drug-likeness (QED) is 0.765. The van der Waals surface area contributed by atoms with Crippen LogP contribution in [0.3, 0.4) is 0 Å². The van der Waals surface area contributed by atoms with Gasteiger partial charge in [0.25, 0.3) is 0 Å². The first kappa shape index (κ1) is 15.1. The molecule has 0 saturated carbocycles. The second-order valence-electron chi connectivity index (χ2n) is 4.68. The van der Waals surface area contributed by atoms with Crippen LogP contribution in [0.5, 0.6) is 0 Å². The predicted molar refractivity (Wildman–Crippen MR) is 78.1 cm³/mol. The van der Waals surface area contributed by atoms with E-state index in [4.69, 9.17) is 9.47 Å². The number of nitrogens with zero attached hydrogens (tertiary/aromatic N) is 1. The zero-order chi connectivity index (χ0) is 15.2. The molecule has 0 N–H and O–H groups in total. The fourth-order valence-corrected chi connectivity index (χ4v) is 2.34. The lowest BCUT2D eigenvalue weighted by atomic mass is 10.0. The minimum Gasteiger partial charge on any atom is -0.469 e. The van der Waals surface area contributed by atoms with Crippen molar-refractivity contribution >= 4 is 17.5 Å². The van der Waals surface area contributed by atoms with Crippen molar-refractivity contribution in [2.75, 3.05) is 13.7 Å². The molecular formula is C16H19NO4. The van der Waals surface area contributed by atoms with Gasteiger partial charge in [-0.3, -0.25) is 9.59 Å². The molecule has 2 aromatic heterocycles. The molecule has 5 heteroatoms. The third-order valence-electron chi connectivity index (χ3n) is 3.33. The monoisotopic (exact) mass is 289 g/mol. The lowest BCUT2D eigenvalue weighted by Gasteiger charge is -2.04. The Hall–Kier alpha value is -2.30. The number of carbonyl (C=O) groups is 2. The van der Waals surface area contributed by atoms with Crippen LogP contribution >= 0.6 is 0 Å². The number of esters is 2. The van der Waals surface area contributed by atoms with Crippen LogP contribution in [0.4, 0.5) is 0 Å². The number of rotatable bonds is 6. The Kier molecular flexibility index (Phi) is 4.98. The summed E-state index contributed by atoms with van der Waals surface area (Å²) >= 11 is 0. The van der Waals surface area contributed by atoms with Crippen LogP contribution in [0.15, 0.2) is 30.6 Å². The van der Waals surface area contributed by atoms with Crippen LogP contribution in [0.1, 0.15) is 24.5 Å². The van der Waals surface area contributed by atoms with E-state index in [-0.39, 0.29) is 18.4 Å². The molecular weight excluding hydrogens is 270 g/mol. The van der Waals surface area contributed by atoms with Gasteiger partial charge in [-0.15, -0.1) is 0 Å². The molecule has 112 valence electrons. The van der Waals surface area contributed by atoms with Crippen molar-refractivity contribution in [3.8, 4) is 0 Å². The lowest BCUT2D eigenvalue weighted by molar-refractivity contribution is -0.143. The Morgan fingerprint density at radius 3 is 2.76 bits per heavy atom. The highest BCUT2D eigenvalue weighted by molar-refractivity contribution is 5.78. The number of aryl methyl sites for hydroxylation is 1. The molecule has 0 radical (unpaired) electrons. The van der Waals surface area contributed by atoms with Gasteiger partial charge in [0.15, 0.2) is 0 Å². The second-order valence-corrected chi connectivity index (χ2v) is 4.68. The number of ether oxygens (including phenoxy) is 2. The number of fused-ring (bicyclic) bond motifs is 1. The van der Waals surface area contributed by atoms with Crippen LogP contribution in [-0.4, -0.2) is 30.1 Å². The molecule has 0 bridgehead atoms. The molecule has 0 amide bonds. The molecule has 0 aromatic carbocycles. The average molecular weight is 289 g/mol. The summed E-state index contributed by atoms with van der Waals surface area (Å²) in [7, 11) is 1.37. The van der Waals surface area contributed by atoms with Crippen LogP contribution in [0, 0.1) is 0 Å². The van der Waals surface area contributed by atoms with Gasteiger partial charge in [0.1, 0.15) is 0 Å². The summed E-state index contributed by atoms with van der Waals surface area (Å²) in [4.78, 5) is 23.1. The number of carbonyl (C=O) groups excluding carboxylic acids is 2. The summed E-state index contributed by atoms with van der Waals surface area (Å²) in [5.74, 6) is -0.513. The van der Waals surface area contributed by atoms with Gasteiger partial charge in [0, 0.05) is 24.3 Å². The van der Waals surface area contributed by atoms with E-state index in [9.17, 15) is 9.59 Å². The maximum atomic E-state index is 11.6. The van der Waals surface area contributed by atoms with E-state index in [1.54, 1.807) is 6.92 Å². The van der Waals surface area contributed by atoms with E-state index in [0.29, 0.717) is 19.4 Å². The van der Waals surface area contributed by atoms with Crippen molar-refractivity contribution in [3.05, 3.63) is 41.7 Å². The number of pyridine rings is 1. The fraction of sp³-hybridized carbons (Fsp3) is 0.375. The van der Waals surface area contributed by atoms with E-state index in [1.165, 1.54) is 7.11 Å². The minimum absolute atomic E-state index is 0.204. The fourth-order valence-electron chi connectivity index (χ4n) is 2.34. The highest BCUT2D eigenvalue weighted by Crippen LogP contribution is 2.21. The molecule has 21 heavy (non-hydrogen) atoms. The highest BCUT2D eigenvalue weighted by Gasteiger charge is 2.15. The second kappa shape index (κ2) is 6.92. The number of hydrogen-bond donors (Lipinski definition) is 0. The summed E-state index contributed by atoms with van der Waals surface area (Å²) in [6.07, 6.45) is 4.93. The van der Waals surface area contributed by atoms with Crippen molar-refractivity contribution in [1.82, 2.24) is 4.40 Å². The third kappa shape index (κ3) is 3.62. The van der Waals surface area contributed by atoms with Gasteiger partial charge in [-0.1, -0.05) is 6.07 Å². The van der Waals surface area contributed by atoms with Crippen LogP contribution in [0.2, 0.25) is 0 Å². The topological polar surface area (TPSA) is 57.0 Å². The van der Waals surface area contributed by atoms with Gasteiger partial charge in [-0.25, -0.2) is 0 Å². The average Bonchev–Trinajstić information content (AvgIpc) is 2.83. The molecule has 5 nitrogen and oxygen atoms in total. The highest BCUT2D eigenvalue weighted by atomic mass is 16.5. The maximum absolute atomic E-state index is 11.6. The van der Waals surface area contributed by atoms with E-state index in [0.717, 1.165) is 16.6 Å². The van der Waals surface area contributed by atoms with Gasteiger partial charge in [0.2, 0.25) is 0 Å². The smallest absolute Gasteiger partial charge is 0.310 e. The summed E-state index contributed by atoms with van der Waals surface area (Å²) in [6.45, 7) is 2.17. The molecule has 0 aliphatic rings. The van der Waals surface area contributed by atoms with Crippen LogP contribution < -0.4 is 0 Å². The minimum atomic E-state index is -0.288. The first-order chi connectivity index (χ1) is 10.2. The predicted octanol–water partition coefficient (Wildman–Crippen LogP) is 2.15. The molecule has 2 aromatic rings. The van der Waals surface area contributed by atoms with Crippen LogP contribution in [0.25, 0.3) is 5.52 Å². The normalized spacial score (nSPS) is 10.6. The van der Waals surface area contributed by atoms with Gasteiger partial charge >= 0.3 is 11.9 Å². The van der Waals surface area contributed by atoms with E-state index in [2.05, 4.69) is 0 Å². The summed E-state index contributed by atoms with van der Waals surface area (Å²) in [5, 5.41) is 0. The Morgan fingerprint density at radius 1 is 1.24 bits per heavy atom. The Morgan fingerprint density at radius 2 is 2.05 bits per heavy atom. The molecule has 2 heterocycles. The molecule has 0 spiro atoms. The summed E-state index contributed by atoms with van der Waals surface area (Å²) < 4.78 is 11.7. The number of methoxy groups -OCH3 is 1. The van der Waals surface area contributed by atoms with E-state index in [1.807, 2.05) is 35.0 Å². The van der Waals surface area contributed by atoms with Crippen molar-refractivity contribution in [2.45, 2.75) is 26.2 Å². The third-order valence-corrected chi connectivity index (χ3v) is 3.33. The first-order valence-electron chi connectivity index (χ1n) is 6.95. The van der Waals surface area contributed by atoms with Gasteiger partial charge in [-0.2, -0.15) is 0 Å². The Balaban J connectivity index is 2.26. The maximum Gasteiger partial charge on any atom is 0.310 e. The molecule has 0 fully saturated rings. The summed E-state index contributed by atoms with van der Waals surface area (Å²) in [6, 6.07) is 5.79. The standard InChI is InChI=1S/C16H19NO4/c1-3-21-15(18)8-7-12-11-17-9-5-4-6-14(17)13(12)10-16(19)20-2/h4-6,9,11H,3,7-8,10H2,1-2H3. The lowest BCUT2D eigenvalue weighted by Crippen LogP contribution is -2.08. The zero-order valence-corrected chi connectivity index (χ0v) is 12.3. The molecule has 0 aliphatic carbocycles. The van der Waals surface area contributed by atoms with Crippen molar-refractivity contribution in [1.29, 1.82) is 0 Å². The molecule has 0 atom stereocenters. The van der Waals surface area contributed by atoms with Crippen molar-refractivity contribution < 1.29 is 19.1 Å². The summed E-state index contributed by atoms with van der Waals surface area (Å²) in [5.41, 5.74) is 2.84. The molecule has 0 unspecified atom stereocenters. The first-order valence-corrected chi connectivity index (χ1v) is 6.95. The van der Waals surface area contributed by atoms with E-state index < -0.39 is 0 Å². The van der Waals surface area contributed by atoms with Crippen LogP contribution in [-0.2, 0) is 31.9 Å². The Labute approximate surface area is 123 Å². The van der Waals surface area contributed by atoms with E-state index >= 15 is 0 Å². The molecule has 2 rings (SSSR count). The zero-order valence-electron chi connectivity index (χ0n) is 12.3. The number of hydrogen-bond acceptors (Lipinski definition) is 4. The van der Waals surface area contributed by atoms with Crippen molar-refractivity contribution in [2.24, 2.45) is 0 Å². The van der Waals surface area contributed by atoms with Crippen molar-refractivity contribution in [3.63, 3.8) is 0 Å². The van der Waals surface area contributed by atoms with Gasteiger partial charge in [0.05, 0.1) is 20.1 Å². The molecule has 0 aliphatic heterocycles. The Bertz CT molecular complexity index is 645. The van der Waals surface area contributed by atoms with Gasteiger partial charge in [-0.05, 0) is 36.6 Å². The molecule has 0 saturated heterocycles. The largest absolute Gasteiger partial charge is 0.469 e. The SMILES string of the molecule is CCOC(=O)CCc1cn2ccccc2c1CC(=O)OC. The number of aromatic nitrogens is 1.